The number of piperazine rings is 1. The summed E-state index contributed by atoms with van der Waals surface area (Å²) in [6, 6.07) is 14.0. The molecule has 5 nitrogen and oxygen atoms in total. The normalized spacial score (nSPS) is 14.3. The molecule has 0 unspecified atom stereocenters. The molecule has 26 heavy (non-hydrogen) atoms. The summed E-state index contributed by atoms with van der Waals surface area (Å²) in [5, 5.41) is 0. The number of para-hydroxylation sites is 1. The summed E-state index contributed by atoms with van der Waals surface area (Å²) in [6.45, 7) is 5.36. The Morgan fingerprint density at radius 3 is 2.31 bits per heavy atom. The van der Waals surface area contributed by atoms with Crippen LogP contribution < -0.4 is 14.4 Å². The molecule has 3 rings (SSSR count). The summed E-state index contributed by atoms with van der Waals surface area (Å²) in [5.41, 5.74) is 3.48. The number of hydrogen-bond acceptors (Lipinski definition) is 4. The van der Waals surface area contributed by atoms with Crippen molar-refractivity contribution in [1.82, 2.24) is 4.90 Å². The SMILES string of the molecule is COc1ccc(CC(=O)N2CCN(c3ccccc3C)CC2)cc1OC. The number of carbonyl (C=O) groups excluding carboxylic acids is 1. The van der Waals surface area contributed by atoms with Crippen LogP contribution >= 0.6 is 0 Å². The van der Waals surface area contributed by atoms with Gasteiger partial charge in [0.1, 0.15) is 0 Å². The number of hydrogen-bond donors (Lipinski definition) is 0. The van der Waals surface area contributed by atoms with E-state index < -0.39 is 0 Å². The predicted molar refractivity (Wildman–Crippen MR) is 103 cm³/mol. The van der Waals surface area contributed by atoms with Crippen molar-refractivity contribution in [3.63, 3.8) is 0 Å². The maximum atomic E-state index is 12.7. The first-order valence-corrected chi connectivity index (χ1v) is 8.91. The zero-order valence-corrected chi connectivity index (χ0v) is 15.7. The van der Waals surface area contributed by atoms with Gasteiger partial charge >= 0.3 is 0 Å². The number of amides is 1. The highest BCUT2D eigenvalue weighted by atomic mass is 16.5. The number of nitrogens with zero attached hydrogens (tertiary/aromatic N) is 2. The Bertz CT molecular complexity index is 768. The van der Waals surface area contributed by atoms with Gasteiger partial charge in [0.25, 0.3) is 0 Å². The van der Waals surface area contributed by atoms with Crippen molar-refractivity contribution in [3.05, 3.63) is 53.6 Å². The van der Waals surface area contributed by atoms with Crippen molar-refractivity contribution in [2.24, 2.45) is 0 Å². The Morgan fingerprint density at radius 2 is 1.65 bits per heavy atom. The molecule has 138 valence electrons. The highest BCUT2D eigenvalue weighted by molar-refractivity contribution is 5.79. The van der Waals surface area contributed by atoms with E-state index >= 15 is 0 Å². The van der Waals surface area contributed by atoms with Crippen molar-refractivity contribution < 1.29 is 14.3 Å². The van der Waals surface area contributed by atoms with Gasteiger partial charge < -0.3 is 19.3 Å². The van der Waals surface area contributed by atoms with Crippen LogP contribution in [0.3, 0.4) is 0 Å². The lowest BCUT2D eigenvalue weighted by Gasteiger charge is -2.37. The third kappa shape index (κ3) is 3.93. The fourth-order valence-electron chi connectivity index (χ4n) is 3.39. The van der Waals surface area contributed by atoms with Gasteiger partial charge in [0, 0.05) is 31.9 Å². The van der Waals surface area contributed by atoms with Crippen molar-refractivity contribution in [1.29, 1.82) is 0 Å². The van der Waals surface area contributed by atoms with E-state index in [1.807, 2.05) is 23.1 Å². The Kier molecular flexibility index (Phi) is 5.66. The quantitative estimate of drug-likeness (QED) is 0.828. The van der Waals surface area contributed by atoms with Gasteiger partial charge in [0.15, 0.2) is 11.5 Å². The molecule has 2 aromatic rings. The molecule has 0 aromatic heterocycles. The van der Waals surface area contributed by atoms with Crippen LogP contribution in [0.15, 0.2) is 42.5 Å². The van der Waals surface area contributed by atoms with E-state index in [4.69, 9.17) is 9.47 Å². The number of rotatable bonds is 5. The van der Waals surface area contributed by atoms with Crippen LogP contribution in [-0.2, 0) is 11.2 Å². The van der Waals surface area contributed by atoms with Gasteiger partial charge in [-0.25, -0.2) is 0 Å². The van der Waals surface area contributed by atoms with E-state index in [0.29, 0.717) is 17.9 Å². The molecule has 0 N–H and O–H groups in total. The van der Waals surface area contributed by atoms with Gasteiger partial charge in [-0.05, 0) is 36.2 Å². The van der Waals surface area contributed by atoms with Gasteiger partial charge in [-0.15, -0.1) is 0 Å². The number of methoxy groups -OCH3 is 2. The van der Waals surface area contributed by atoms with Crippen LogP contribution in [0.5, 0.6) is 11.5 Å². The van der Waals surface area contributed by atoms with Crippen LogP contribution in [0, 0.1) is 6.92 Å². The van der Waals surface area contributed by atoms with Crippen LogP contribution in [0.25, 0.3) is 0 Å². The third-order valence-corrected chi connectivity index (χ3v) is 4.89. The van der Waals surface area contributed by atoms with Crippen molar-refractivity contribution in [2.75, 3.05) is 45.3 Å². The molecule has 2 aromatic carbocycles. The second-order valence-corrected chi connectivity index (χ2v) is 6.52. The molecule has 0 saturated carbocycles. The van der Waals surface area contributed by atoms with Crippen LogP contribution in [0.2, 0.25) is 0 Å². The van der Waals surface area contributed by atoms with Crippen LogP contribution in [0.1, 0.15) is 11.1 Å². The second kappa shape index (κ2) is 8.13. The smallest absolute Gasteiger partial charge is 0.227 e. The minimum absolute atomic E-state index is 0.154. The predicted octanol–water partition coefficient (Wildman–Crippen LogP) is 2.90. The highest BCUT2D eigenvalue weighted by Gasteiger charge is 2.22. The highest BCUT2D eigenvalue weighted by Crippen LogP contribution is 2.28. The van der Waals surface area contributed by atoms with Gasteiger partial charge in [0.2, 0.25) is 5.91 Å². The van der Waals surface area contributed by atoms with Gasteiger partial charge in [0.05, 0.1) is 20.6 Å². The van der Waals surface area contributed by atoms with Crippen molar-refractivity contribution >= 4 is 11.6 Å². The number of benzene rings is 2. The van der Waals surface area contributed by atoms with Crippen molar-refractivity contribution in [3.8, 4) is 11.5 Å². The molecule has 0 radical (unpaired) electrons. The monoisotopic (exact) mass is 354 g/mol. The van der Waals surface area contributed by atoms with Gasteiger partial charge in [-0.3, -0.25) is 4.79 Å². The standard InChI is InChI=1S/C21H26N2O3/c1-16-6-4-5-7-18(16)22-10-12-23(13-11-22)21(24)15-17-8-9-19(25-2)20(14-17)26-3/h4-9,14H,10-13,15H2,1-3H3. The van der Waals surface area contributed by atoms with E-state index in [-0.39, 0.29) is 5.91 Å². The fourth-order valence-corrected chi connectivity index (χ4v) is 3.39. The van der Waals surface area contributed by atoms with Crippen molar-refractivity contribution in [2.45, 2.75) is 13.3 Å². The number of anilines is 1. The molecule has 1 fully saturated rings. The molecule has 1 amide bonds. The average molecular weight is 354 g/mol. The average Bonchev–Trinajstić information content (AvgIpc) is 2.68. The Balaban J connectivity index is 1.60. The zero-order valence-electron chi connectivity index (χ0n) is 15.7. The molecule has 0 bridgehead atoms. The molecule has 1 saturated heterocycles. The molecule has 1 aliphatic heterocycles. The minimum Gasteiger partial charge on any atom is -0.493 e. The van der Waals surface area contributed by atoms with Gasteiger partial charge in [-0.1, -0.05) is 24.3 Å². The minimum atomic E-state index is 0.154. The Hall–Kier alpha value is -2.69. The lowest BCUT2D eigenvalue weighted by Crippen LogP contribution is -2.49. The fraction of sp³-hybridized carbons (Fsp3) is 0.381. The molecule has 1 heterocycles. The van der Waals surface area contributed by atoms with E-state index in [9.17, 15) is 4.79 Å². The van der Waals surface area contributed by atoms with Gasteiger partial charge in [-0.2, -0.15) is 0 Å². The third-order valence-electron chi connectivity index (χ3n) is 4.89. The second-order valence-electron chi connectivity index (χ2n) is 6.52. The van der Waals surface area contributed by atoms with E-state index in [1.165, 1.54) is 11.3 Å². The summed E-state index contributed by atoms with van der Waals surface area (Å²) >= 11 is 0. The zero-order chi connectivity index (χ0) is 18.5. The van der Waals surface area contributed by atoms with E-state index in [2.05, 4.69) is 36.1 Å². The summed E-state index contributed by atoms with van der Waals surface area (Å²) in [7, 11) is 3.21. The summed E-state index contributed by atoms with van der Waals surface area (Å²) in [6.07, 6.45) is 0.380. The largest absolute Gasteiger partial charge is 0.493 e. The first kappa shape index (κ1) is 18.1. The molecular weight excluding hydrogens is 328 g/mol. The Morgan fingerprint density at radius 1 is 0.962 bits per heavy atom. The molecule has 0 aliphatic carbocycles. The summed E-state index contributed by atoms with van der Waals surface area (Å²) < 4.78 is 10.6. The number of carbonyl (C=O) groups is 1. The molecule has 0 atom stereocenters. The topological polar surface area (TPSA) is 42.0 Å². The maximum absolute atomic E-state index is 12.7. The summed E-state index contributed by atoms with van der Waals surface area (Å²) in [4.78, 5) is 17.0. The molecule has 0 spiro atoms. The van der Waals surface area contributed by atoms with E-state index in [1.54, 1.807) is 14.2 Å². The van der Waals surface area contributed by atoms with Crippen LogP contribution in [-0.4, -0.2) is 51.2 Å². The first-order valence-electron chi connectivity index (χ1n) is 8.91. The maximum Gasteiger partial charge on any atom is 0.227 e. The van der Waals surface area contributed by atoms with Crippen LogP contribution in [0.4, 0.5) is 5.69 Å². The van der Waals surface area contributed by atoms with E-state index in [0.717, 1.165) is 31.7 Å². The lowest BCUT2D eigenvalue weighted by molar-refractivity contribution is -0.130. The summed E-state index contributed by atoms with van der Waals surface area (Å²) in [5.74, 6) is 1.49. The lowest BCUT2D eigenvalue weighted by atomic mass is 10.1. The molecule has 1 aliphatic rings. The first-order chi connectivity index (χ1) is 12.6. The Labute approximate surface area is 155 Å². The number of aryl methyl sites for hydroxylation is 1. The molecule has 5 heteroatoms. The number of ether oxygens (including phenoxy) is 2. The molecular formula is C21H26N2O3.